The molecule has 2 saturated heterocycles. The largest absolute Gasteiger partial charge is 0.381 e. The Morgan fingerprint density at radius 3 is 2.95 bits per heavy atom. The maximum atomic E-state index is 13.7. The van der Waals surface area contributed by atoms with Gasteiger partial charge >= 0.3 is 0 Å². The summed E-state index contributed by atoms with van der Waals surface area (Å²) in [6.07, 6.45) is 5.62. The van der Waals surface area contributed by atoms with Crippen LogP contribution in [0, 0.1) is 11.7 Å². The molecule has 200 valence electrons. The van der Waals surface area contributed by atoms with Crippen molar-refractivity contribution in [3.05, 3.63) is 77.0 Å². The van der Waals surface area contributed by atoms with Crippen LogP contribution >= 0.6 is 0 Å². The van der Waals surface area contributed by atoms with Crippen LogP contribution in [-0.4, -0.2) is 51.5 Å². The summed E-state index contributed by atoms with van der Waals surface area (Å²) in [6, 6.07) is 10.9. The van der Waals surface area contributed by atoms with E-state index in [0.717, 1.165) is 67.6 Å². The standard InChI is InChI=1S/C30H31FN6O2/c1-18-6-9-36(15-18)16-25-21(19-8-11-39-17-19)3-5-27(35-25)34-24-4-2-22(23-13-33-30(38)29(23)24)26-14-32-28-12-20(31)7-10-37(26)28/h2-5,7,10,12,14,18-19H,6,8-9,11,13,15-17H2,1H3,(H,33,38)(H,34,35)/t18?,19-/m1/s1. The first-order valence-corrected chi connectivity index (χ1v) is 13.7. The second kappa shape index (κ2) is 9.73. The number of imidazole rings is 1. The molecule has 3 aromatic heterocycles. The highest BCUT2D eigenvalue weighted by Gasteiger charge is 2.28. The number of hydrogen-bond acceptors (Lipinski definition) is 6. The number of nitrogens with zero attached hydrogens (tertiary/aromatic N) is 4. The van der Waals surface area contributed by atoms with Gasteiger partial charge in [-0.1, -0.05) is 19.1 Å². The van der Waals surface area contributed by atoms with Crippen molar-refractivity contribution < 1.29 is 13.9 Å². The third kappa shape index (κ3) is 4.45. The third-order valence-electron chi connectivity index (χ3n) is 8.24. The van der Waals surface area contributed by atoms with E-state index in [2.05, 4.69) is 33.5 Å². The minimum Gasteiger partial charge on any atom is -0.381 e. The highest BCUT2D eigenvalue weighted by molar-refractivity contribution is 6.06. The number of aromatic nitrogens is 3. The Bertz CT molecular complexity index is 1580. The molecule has 0 radical (unpaired) electrons. The number of halogens is 1. The molecule has 0 bridgehead atoms. The minimum absolute atomic E-state index is 0.125. The summed E-state index contributed by atoms with van der Waals surface area (Å²) in [4.78, 5) is 24.9. The molecule has 3 aliphatic rings. The number of anilines is 2. The maximum absolute atomic E-state index is 13.7. The number of ether oxygens (including phenoxy) is 1. The molecule has 0 spiro atoms. The Hall–Kier alpha value is -3.82. The number of nitrogens with one attached hydrogen (secondary N) is 2. The normalized spacial score (nSPS) is 21.0. The molecule has 4 aromatic rings. The zero-order valence-corrected chi connectivity index (χ0v) is 21.9. The molecule has 2 fully saturated rings. The first-order chi connectivity index (χ1) is 19.0. The lowest BCUT2D eigenvalue weighted by Crippen LogP contribution is -2.22. The van der Waals surface area contributed by atoms with Crippen LogP contribution in [0.5, 0.6) is 0 Å². The fourth-order valence-electron chi connectivity index (χ4n) is 6.23. The molecule has 1 amide bonds. The average Bonchev–Trinajstić information content (AvgIpc) is 3.73. The highest BCUT2D eigenvalue weighted by Crippen LogP contribution is 2.36. The van der Waals surface area contributed by atoms with Crippen molar-refractivity contribution in [2.24, 2.45) is 5.92 Å². The topological polar surface area (TPSA) is 83.8 Å². The van der Waals surface area contributed by atoms with Gasteiger partial charge in [-0.15, -0.1) is 0 Å². The van der Waals surface area contributed by atoms with Crippen LogP contribution in [0.3, 0.4) is 0 Å². The van der Waals surface area contributed by atoms with Crippen molar-refractivity contribution in [2.45, 2.75) is 38.8 Å². The molecule has 0 aliphatic carbocycles. The molecule has 9 heteroatoms. The van der Waals surface area contributed by atoms with Crippen molar-refractivity contribution in [1.29, 1.82) is 0 Å². The van der Waals surface area contributed by atoms with E-state index in [1.54, 1.807) is 12.4 Å². The molecule has 39 heavy (non-hydrogen) atoms. The second-order valence-corrected chi connectivity index (χ2v) is 11.0. The Labute approximate surface area is 226 Å². The quantitative estimate of drug-likeness (QED) is 0.373. The fourth-order valence-corrected chi connectivity index (χ4v) is 6.23. The molecule has 1 aromatic carbocycles. The van der Waals surface area contributed by atoms with Gasteiger partial charge in [0.15, 0.2) is 0 Å². The number of benzene rings is 1. The van der Waals surface area contributed by atoms with Crippen LogP contribution in [0.1, 0.15) is 52.9 Å². The summed E-state index contributed by atoms with van der Waals surface area (Å²) in [5.41, 5.74) is 6.79. The Kier molecular flexibility index (Phi) is 6.05. The Morgan fingerprint density at radius 2 is 2.13 bits per heavy atom. The number of carbonyl (C=O) groups is 1. The summed E-state index contributed by atoms with van der Waals surface area (Å²) < 4.78 is 21.2. The minimum atomic E-state index is -0.334. The van der Waals surface area contributed by atoms with E-state index in [1.807, 2.05) is 22.6 Å². The molecule has 0 saturated carbocycles. The molecular weight excluding hydrogens is 495 g/mol. The molecule has 3 aliphatic heterocycles. The Morgan fingerprint density at radius 1 is 1.21 bits per heavy atom. The van der Waals surface area contributed by atoms with Gasteiger partial charge in [-0.3, -0.25) is 14.1 Å². The van der Waals surface area contributed by atoms with Gasteiger partial charge in [0, 0.05) is 50.0 Å². The molecule has 2 N–H and O–H groups in total. The first-order valence-electron chi connectivity index (χ1n) is 13.7. The monoisotopic (exact) mass is 526 g/mol. The van der Waals surface area contributed by atoms with E-state index in [1.165, 1.54) is 24.1 Å². The fraction of sp³-hybridized carbons (Fsp3) is 0.367. The highest BCUT2D eigenvalue weighted by atomic mass is 19.1. The lowest BCUT2D eigenvalue weighted by Gasteiger charge is -2.21. The molecular formula is C30H31FN6O2. The zero-order chi connectivity index (χ0) is 26.5. The maximum Gasteiger partial charge on any atom is 0.254 e. The van der Waals surface area contributed by atoms with Gasteiger partial charge in [0.05, 0.1) is 35.4 Å². The lowest BCUT2D eigenvalue weighted by atomic mass is 9.96. The number of amides is 1. The summed E-state index contributed by atoms with van der Waals surface area (Å²) >= 11 is 0. The SMILES string of the molecule is CC1CCN(Cc2nc(Nc3ccc(-c4cnc5cc(F)ccn45)c4c3C(=O)NC4)ccc2[C@@H]2CCOC2)C1. The zero-order valence-electron chi connectivity index (χ0n) is 21.9. The lowest BCUT2D eigenvalue weighted by molar-refractivity contribution is 0.0966. The van der Waals surface area contributed by atoms with Gasteiger partial charge in [-0.05, 0) is 54.6 Å². The Balaban J connectivity index is 1.24. The van der Waals surface area contributed by atoms with Crippen molar-refractivity contribution in [3.8, 4) is 11.3 Å². The van der Waals surface area contributed by atoms with Crippen molar-refractivity contribution in [2.75, 3.05) is 31.6 Å². The van der Waals surface area contributed by atoms with E-state index >= 15 is 0 Å². The van der Waals surface area contributed by atoms with E-state index in [9.17, 15) is 9.18 Å². The van der Waals surface area contributed by atoms with E-state index in [4.69, 9.17) is 9.72 Å². The van der Waals surface area contributed by atoms with Crippen molar-refractivity contribution in [1.82, 2.24) is 24.6 Å². The van der Waals surface area contributed by atoms with Crippen molar-refractivity contribution in [3.63, 3.8) is 0 Å². The number of likely N-dealkylation sites (tertiary alicyclic amines) is 1. The number of carbonyl (C=O) groups excluding carboxylic acids is 1. The van der Waals surface area contributed by atoms with Gasteiger partial charge in [-0.25, -0.2) is 14.4 Å². The van der Waals surface area contributed by atoms with E-state index in [-0.39, 0.29) is 11.7 Å². The van der Waals surface area contributed by atoms with Gasteiger partial charge in [0.25, 0.3) is 5.91 Å². The van der Waals surface area contributed by atoms with Crippen LogP contribution in [0.2, 0.25) is 0 Å². The molecule has 1 unspecified atom stereocenters. The van der Waals surface area contributed by atoms with Crippen LogP contribution in [0.25, 0.3) is 16.9 Å². The average molecular weight is 527 g/mol. The molecule has 6 heterocycles. The molecule has 8 nitrogen and oxygen atoms in total. The first kappa shape index (κ1) is 24.2. The summed E-state index contributed by atoms with van der Waals surface area (Å²) in [6.45, 7) is 7.25. The van der Waals surface area contributed by atoms with E-state index < -0.39 is 0 Å². The van der Waals surface area contributed by atoms with Crippen LogP contribution in [0.4, 0.5) is 15.9 Å². The molecule has 2 atom stereocenters. The van der Waals surface area contributed by atoms with Crippen LogP contribution in [-0.2, 0) is 17.8 Å². The van der Waals surface area contributed by atoms with Crippen molar-refractivity contribution >= 4 is 23.1 Å². The van der Waals surface area contributed by atoms with Gasteiger partial charge in [0.1, 0.15) is 17.3 Å². The summed E-state index contributed by atoms with van der Waals surface area (Å²) in [5.74, 6) is 1.34. The van der Waals surface area contributed by atoms with Gasteiger partial charge < -0.3 is 15.4 Å². The van der Waals surface area contributed by atoms with Gasteiger partial charge in [-0.2, -0.15) is 0 Å². The predicted octanol–water partition coefficient (Wildman–Crippen LogP) is 4.87. The predicted molar refractivity (Wildman–Crippen MR) is 147 cm³/mol. The third-order valence-corrected chi connectivity index (χ3v) is 8.24. The van der Waals surface area contributed by atoms with Crippen LogP contribution in [0.15, 0.2) is 48.8 Å². The number of hydrogen-bond donors (Lipinski definition) is 2. The van der Waals surface area contributed by atoms with Crippen LogP contribution < -0.4 is 10.6 Å². The summed E-state index contributed by atoms with van der Waals surface area (Å²) in [5, 5.41) is 6.42. The van der Waals surface area contributed by atoms with E-state index in [0.29, 0.717) is 35.3 Å². The molecule has 7 rings (SSSR count). The smallest absolute Gasteiger partial charge is 0.254 e. The number of fused-ring (bicyclic) bond motifs is 2. The second-order valence-electron chi connectivity index (χ2n) is 11.0. The number of pyridine rings is 2. The van der Waals surface area contributed by atoms with Gasteiger partial charge in [0.2, 0.25) is 0 Å². The summed E-state index contributed by atoms with van der Waals surface area (Å²) in [7, 11) is 0. The number of rotatable bonds is 6.